The third kappa shape index (κ3) is 3.37. The van der Waals surface area contributed by atoms with Gasteiger partial charge in [0.2, 0.25) is 5.91 Å². The summed E-state index contributed by atoms with van der Waals surface area (Å²) in [4.78, 5) is 23.4. The quantitative estimate of drug-likeness (QED) is 0.714. The number of nitrogens with two attached hydrogens (primary N) is 1. The fraction of sp³-hybridized carbons (Fsp3) is 0.143. The zero-order valence-corrected chi connectivity index (χ0v) is 14.5. The average Bonchev–Trinajstić information content (AvgIpc) is 3.04. The number of aliphatic carboxylic acids is 1. The van der Waals surface area contributed by atoms with Gasteiger partial charge in [0.15, 0.2) is 0 Å². The maximum atomic E-state index is 12.0. The second-order valence-electron chi connectivity index (χ2n) is 6.05. The van der Waals surface area contributed by atoms with Crippen molar-refractivity contribution in [3.63, 3.8) is 0 Å². The van der Waals surface area contributed by atoms with Crippen LogP contribution in [0.3, 0.4) is 0 Å². The molecule has 3 N–H and O–H groups in total. The van der Waals surface area contributed by atoms with Gasteiger partial charge in [-0.3, -0.25) is 9.59 Å². The van der Waals surface area contributed by atoms with Gasteiger partial charge in [-0.05, 0) is 35.7 Å². The van der Waals surface area contributed by atoms with E-state index in [9.17, 15) is 14.7 Å². The Morgan fingerprint density at radius 3 is 2.31 bits per heavy atom. The van der Waals surface area contributed by atoms with Gasteiger partial charge in [0.05, 0.1) is 0 Å². The summed E-state index contributed by atoms with van der Waals surface area (Å²) >= 11 is 0. The van der Waals surface area contributed by atoms with Crippen LogP contribution in [0.1, 0.15) is 22.8 Å². The summed E-state index contributed by atoms with van der Waals surface area (Å²) < 4.78 is 1.70. The Bertz CT molecular complexity index is 959. The van der Waals surface area contributed by atoms with E-state index in [-0.39, 0.29) is 6.54 Å². The number of hydrogen-bond donors (Lipinski definition) is 2. The zero-order valence-electron chi connectivity index (χ0n) is 14.5. The first kappa shape index (κ1) is 17.5. The molecule has 26 heavy (non-hydrogen) atoms. The van der Waals surface area contributed by atoms with Crippen molar-refractivity contribution < 1.29 is 14.7 Å². The fourth-order valence-corrected chi connectivity index (χ4v) is 3.11. The van der Waals surface area contributed by atoms with Gasteiger partial charge in [-0.25, -0.2) is 0 Å². The van der Waals surface area contributed by atoms with Gasteiger partial charge in [0, 0.05) is 22.5 Å². The molecular weight excluding hydrogens is 328 g/mol. The van der Waals surface area contributed by atoms with Crippen LogP contribution in [0.15, 0.2) is 60.7 Å². The van der Waals surface area contributed by atoms with Crippen LogP contribution in [0, 0.1) is 0 Å². The van der Waals surface area contributed by atoms with Crippen molar-refractivity contribution in [1.82, 2.24) is 4.57 Å². The Balaban J connectivity index is 2.21. The normalized spacial score (nSPS) is 10.7. The lowest BCUT2D eigenvalue weighted by atomic mass is 9.99. The van der Waals surface area contributed by atoms with Gasteiger partial charge in [-0.1, -0.05) is 49.4 Å². The summed E-state index contributed by atoms with van der Waals surface area (Å²) in [6.45, 7) is 1.79. The number of carbonyl (C=O) groups is 2. The van der Waals surface area contributed by atoms with Gasteiger partial charge >= 0.3 is 5.97 Å². The first-order valence-electron chi connectivity index (χ1n) is 8.41. The molecule has 132 valence electrons. The molecule has 3 rings (SSSR count). The molecule has 0 radical (unpaired) electrons. The summed E-state index contributed by atoms with van der Waals surface area (Å²) in [5, 5.41) is 9.38. The van der Waals surface area contributed by atoms with Crippen molar-refractivity contribution in [2.45, 2.75) is 19.9 Å². The number of amides is 1. The summed E-state index contributed by atoms with van der Waals surface area (Å²) in [6.07, 6.45) is 0.784. The van der Waals surface area contributed by atoms with Crippen molar-refractivity contribution in [2.24, 2.45) is 5.73 Å². The number of carboxylic acid groups (broad SMARTS) is 1. The molecule has 3 aromatic rings. The van der Waals surface area contributed by atoms with E-state index in [0.29, 0.717) is 16.8 Å². The van der Waals surface area contributed by atoms with E-state index in [1.165, 1.54) is 0 Å². The first-order chi connectivity index (χ1) is 12.5. The van der Waals surface area contributed by atoms with Crippen LogP contribution < -0.4 is 5.73 Å². The molecule has 0 aliphatic carbocycles. The Kier molecular flexibility index (Phi) is 4.89. The summed E-state index contributed by atoms with van der Waals surface area (Å²) in [5.74, 6) is -1.48. The molecule has 1 amide bonds. The molecule has 0 unspecified atom stereocenters. The lowest BCUT2D eigenvalue weighted by Gasteiger charge is -2.14. The number of aryl methyl sites for hydroxylation is 1. The average molecular weight is 348 g/mol. The van der Waals surface area contributed by atoms with E-state index >= 15 is 0 Å². The number of aromatic nitrogens is 1. The Hall–Kier alpha value is -3.34. The highest BCUT2D eigenvalue weighted by molar-refractivity contribution is 6.00. The van der Waals surface area contributed by atoms with E-state index in [4.69, 9.17) is 5.73 Å². The third-order valence-electron chi connectivity index (χ3n) is 4.38. The molecule has 0 aliphatic rings. The highest BCUT2D eigenvalue weighted by Crippen LogP contribution is 2.31. The largest absolute Gasteiger partial charge is 0.480 e. The number of benzene rings is 2. The van der Waals surface area contributed by atoms with Crippen LogP contribution in [0.2, 0.25) is 0 Å². The van der Waals surface area contributed by atoms with Gasteiger partial charge in [0.1, 0.15) is 6.54 Å². The third-order valence-corrected chi connectivity index (χ3v) is 4.38. The molecular formula is C21H20N2O3. The van der Waals surface area contributed by atoms with Gasteiger partial charge in [-0.15, -0.1) is 0 Å². The molecule has 5 nitrogen and oxygen atoms in total. The molecule has 0 atom stereocenters. The van der Waals surface area contributed by atoms with Crippen LogP contribution in [-0.2, 0) is 17.8 Å². The highest BCUT2D eigenvalue weighted by Gasteiger charge is 2.18. The Labute approximate surface area is 151 Å². The highest BCUT2D eigenvalue weighted by atomic mass is 16.4. The molecule has 2 aromatic carbocycles. The van der Waals surface area contributed by atoms with Crippen molar-refractivity contribution in [2.75, 3.05) is 0 Å². The summed E-state index contributed by atoms with van der Waals surface area (Å²) in [6, 6.07) is 18.8. The van der Waals surface area contributed by atoms with Gasteiger partial charge in [0.25, 0.3) is 0 Å². The van der Waals surface area contributed by atoms with Crippen molar-refractivity contribution in [3.05, 3.63) is 71.8 Å². The second kappa shape index (κ2) is 7.27. The molecule has 0 saturated carbocycles. The molecule has 5 heteroatoms. The predicted octanol–water partition coefficient (Wildman–Crippen LogP) is 3.57. The lowest BCUT2D eigenvalue weighted by molar-refractivity contribution is -0.137. The molecule has 0 aliphatic heterocycles. The number of hydrogen-bond acceptors (Lipinski definition) is 2. The molecule has 0 saturated heterocycles. The van der Waals surface area contributed by atoms with Gasteiger partial charge < -0.3 is 15.4 Å². The Morgan fingerprint density at radius 1 is 1.00 bits per heavy atom. The van der Waals surface area contributed by atoms with Crippen LogP contribution in [0.5, 0.6) is 0 Å². The van der Waals surface area contributed by atoms with E-state index < -0.39 is 11.9 Å². The van der Waals surface area contributed by atoms with Crippen LogP contribution in [-0.4, -0.2) is 21.6 Å². The lowest BCUT2D eigenvalue weighted by Crippen LogP contribution is -2.15. The number of carboxylic acids is 1. The van der Waals surface area contributed by atoms with Crippen LogP contribution in [0.4, 0.5) is 0 Å². The molecule has 1 heterocycles. The Morgan fingerprint density at radius 2 is 1.69 bits per heavy atom. The second-order valence-corrected chi connectivity index (χ2v) is 6.05. The van der Waals surface area contributed by atoms with Gasteiger partial charge in [-0.2, -0.15) is 0 Å². The van der Waals surface area contributed by atoms with E-state index in [2.05, 4.69) is 0 Å². The first-order valence-corrected chi connectivity index (χ1v) is 8.41. The number of primary amides is 1. The summed E-state index contributed by atoms with van der Waals surface area (Å²) in [5.41, 5.74) is 9.96. The smallest absolute Gasteiger partial charge is 0.323 e. The predicted molar refractivity (Wildman–Crippen MR) is 101 cm³/mol. The fourth-order valence-electron chi connectivity index (χ4n) is 3.11. The number of carbonyl (C=O) groups excluding carboxylic acids is 1. The van der Waals surface area contributed by atoms with E-state index in [0.717, 1.165) is 23.2 Å². The molecule has 1 aromatic heterocycles. The number of rotatable bonds is 6. The molecule has 0 fully saturated rings. The van der Waals surface area contributed by atoms with E-state index in [1.54, 1.807) is 10.6 Å². The minimum Gasteiger partial charge on any atom is -0.480 e. The topological polar surface area (TPSA) is 85.3 Å². The molecule has 0 spiro atoms. The maximum Gasteiger partial charge on any atom is 0.323 e. The summed E-state index contributed by atoms with van der Waals surface area (Å²) in [7, 11) is 0. The van der Waals surface area contributed by atoms with Crippen molar-refractivity contribution in [3.8, 4) is 22.5 Å². The maximum absolute atomic E-state index is 12.0. The SMILES string of the molecule is CCc1ccc(-c2ccc(-c3ccccc3)n2CC(=O)O)c(C(N)=O)c1. The monoisotopic (exact) mass is 348 g/mol. The standard InChI is InChI=1S/C21H20N2O3/c1-2-14-8-9-16(17(12-14)21(22)26)19-11-10-18(23(19)13-20(24)25)15-6-4-3-5-7-15/h3-12H,2,13H2,1H3,(H2,22,26)(H,24,25). The van der Waals surface area contributed by atoms with Crippen molar-refractivity contribution >= 4 is 11.9 Å². The van der Waals surface area contributed by atoms with E-state index in [1.807, 2.05) is 61.5 Å². The minimum absolute atomic E-state index is 0.208. The van der Waals surface area contributed by atoms with Crippen LogP contribution >= 0.6 is 0 Å². The zero-order chi connectivity index (χ0) is 18.7. The van der Waals surface area contributed by atoms with Crippen molar-refractivity contribution in [1.29, 1.82) is 0 Å². The molecule has 0 bridgehead atoms. The minimum atomic E-state index is -0.953. The van der Waals surface area contributed by atoms with Crippen LogP contribution in [0.25, 0.3) is 22.5 Å². The number of nitrogens with zero attached hydrogens (tertiary/aromatic N) is 1.